The van der Waals surface area contributed by atoms with Crippen molar-refractivity contribution in [3.05, 3.63) is 22.8 Å². The molecule has 4 nitrogen and oxygen atoms in total. The quantitative estimate of drug-likeness (QED) is 0.932. The number of nitrogens with zero attached hydrogens (tertiary/aromatic N) is 2. The van der Waals surface area contributed by atoms with Gasteiger partial charge >= 0.3 is 0 Å². The number of rotatable bonds is 3. The summed E-state index contributed by atoms with van der Waals surface area (Å²) in [5.41, 5.74) is 0.354. The van der Waals surface area contributed by atoms with Crippen LogP contribution in [-0.2, 0) is 0 Å². The average molecular weight is 300 g/mol. The Morgan fingerprint density at radius 3 is 3.11 bits per heavy atom. The third-order valence-corrected chi connectivity index (χ3v) is 4.27. The second kappa shape index (κ2) is 7.01. The van der Waals surface area contributed by atoms with Gasteiger partial charge in [0.25, 0.3) is 5.91 Å². The van der Waals surface area contributed by atoms with Crippen molar-refractivity contribution in [2.75, 3.05) is 36.5 Å². The van der Waals surface area contributed by atoms with Crippen LogP contribution >= 0.6 is 23.4 Å². The molecule has 0 atom stereocenters. The van der Waals surface area contributed by atoms with Gasteiger partial charge in [0.1, 0.15) is 11.5 Å². The Labute approximate surface area is 122 Å². The van der Waals surface area contributed by atoms with E-state index in [1.807, 2.05) is 23.6 Å². The lowest BCUT2D eigenvalue weighted by molar-refractivity contribution is 0.0763. The molecule has 1 aliphatic rings. The first-order chi connectivity index (χ1) is 9.22. The molecule has 6 heteroatoms. The SMILES string of the molecule is CCNc1ccc(Cl)c(C(=O)N2CCCSCC2)n1. The van der Waals surface area contributed by atoms with Crippen LogP contribution in [0.3, 0.4) is 0 Å². The molecular weight excluding hydrogens is 282 g/mol. The van der Waals surface area contributed by atoms with E-state index in [1.54, 1.807) is 12.1 Å². The summed E-state index contributed by atoms with van der Waals surface area (Å²) in [6.07, 6.45) is 1.03. The van der Waals surface area contributed by atoms with Gasteiger partial charge in [0, 0.05) is 25.4 Å². The zero-order chi connectivity index (χ0) is 13.7. The van der Waals surface area contributed by atoms with Gasteiger partial charge in [0.05, 0.1) is 5.02 Å². The molecule has 0 aromatic carbocycles. The standard InChI is InChI=1S/C13H18ClN3OS/c1-2-15-11-5-4-10(14)12(16-11)13(18)17-6-3-8-19-9-7-17/h4-5H,2-3,6-9H2,1H3,(H,15,16). The average Bonchev–Trinajstić information content (AvgIpc) is 2.69. The van der Waals surface area contributed by atoms with Crippen LogP contribution < -0.4 is 5.32 Å². The van der Waals surface area contributed by atoms with Crippen molar-refractivity contribution in [1.82, 2.24) is 9.88 Å². The lowest BCUT2D eigenvalue weighted by Gasteiger charge is -2.20. The largest absolute Gasteiger partial charge is 0.370 e. The van der Waals surface area contributed by atoms with Crippen molar-refractivity contribution in [2.45, 2.75) is 13.3 Å². The molecule has 2 rings (SSSR count). The monoisotopic (exact) mass is 299 g/mol. The van der Waals surface area contributed by atoms with Crippen molar-refractivity contribution in [1.29, 1.82) is 0 Å². The smallest absolute Gasteiger partial charge is 0.274 e. The number of hydrogen-bond donors (Lipinski definition) is 1. The van der Waals surface area contributed by atoms with E-state index < -0.39 is 0 Å². The number of nitrogens with one attached hydrogen (secondary N) is 1. The van der Waals surface area contributed by atoms with Gasteiger partial charge in [-0.25, -0.2) is 4.98 Å². The van der Waals surface area contributed by atoms with Crippen LogP contribution in [0.25, 0.3) is 0 Å². The lowest BCUT2D eigenvalue weighted by Crippen LogP contribution is -2.33. The maximum Gasteiger partial charge on any atom is 0.274 e. The Kier molecular flexibility index (Phi) is 5.34. The third-order valence-electron chi connectivity index (χ3n) is 2.92. The molecule has 1 aromatic heterocycles. The predicted octanol–water partition coefficient (Wildman–Crippen LogP) is 2.75. The van der Waals surface area contributed by atoms with Crippen LogP contribution in [0, 0.1) is 0 Å². The minimum absolute atomic E-state index is 0.0627. The fraction of sp³-hybridized carbons (Fsp3) is 0.538. The number of pyridine rings is 1. The van der Waals surface area contributed by atoms with Crippen LogP contribution in [0.15, 0.2) is 12.1 Å². The highest BCUT2D eigenvalue weighted by molar-refractivity contribution is 7.99. The van der Waals surface area contributed by atoms with Crippen LogP contribution in [0.5, 0.6) is 0 Å². The molecule has 0 saturated carbocycles. The number of carbonyl (C=O) groups is 1. The molecule has 1 aromatic rings. The van der Waals surface area contributed by atoms with Crippen molar-refractivity contribution in [3.63, 3.8) is 0 Å². The summed E-state index contributed by atoms with van der Waals surface area (Å²) in [5, 5.41) is 3.52. The topological polar surface area (TPSA) is 45.2 Å². The van der Waals surface area contributed by atoms with Gasteiger partial charge in [-0.15, -0.1) is 0 Å². The number of thioether (sulfide) groups is 1. The van der Waals surface area contributed by atoms with Crippen LogP contribution in [0.4, 0.5) is 5.82 Å². The summed E-state index contributed by atoms with van der Waals surface area (Å²) in [5.74, 6) is 2.73. The normalized spacial score (nSPS) is 16.0. The zero-order valence-corrected chi connectivity index (χ0v) is 12.6. The van der Waals surface area contributed by atoms with Crippen molar-refractivity contribution in [2.24, 2.45) is 0 Å². The second-order valence-corrected chi connectivity index (χ2v) is 5.95. The van der Waals surface area contributed by atoms with Gasteiger partial charge in [-0.3, -0.25) is 4.79 Å². The molecule has 0 radical (unpaired) electrons. The molecule has 0 spiro atoms. The van der Waals surface area contributed by atoms with Gasteiger partial charge in [-0.1, -0.05) is 11.6 Å². The highest BCUT2D eigenvalue weighted by atomic mass is 35.5. The van der Waals surface area contributed by atoms with Crippen LogP contribution in [0.1, 0.15) is 23.8 Å². The Balaban J connectivity index is 2.18. The zero-order valence-electron chi connectivity index (χ0n) is 11.0. The van der Waals surface area contributed by atoms with Crippen molar-refractivity contribution < 1.29 is 4.79 Å². The molecule has 2 heterocycles. The van der Waals surface area contributed by atoms with E-state index >= 15 is 0 Å². The molecule has 0 aliphatic carbocycles. The van der Waals surface area contributed by atoms with Gasteiger partial charge < -0.3 is 10.2 Å². The van der Waals surface area contributed by atoms with E-state index in [0.717, 1.165) is 37.6 Å². The Morgan fingerprint density at radius 1 is 1.47 bits per heavy atom. The number of carbonyl (C=O) groups excluding carboxylic acids is 1. The maximum absolute atomic E-state index is 12.5. The molecule has 1 amide bonds. The van der Waals surface area contributed by atoms with Crippen LogP contribution in [0.2, 0.25) is 5.02 Å². The van der Waals surface area contributed by atoms with E-state index in [2.05, 4.69) is 10.3 Å². The highest BCUT2D eigenvalue weighted by Gasteiger charge is 2.21. The van der Waals surface area contributed by atoms with Gasteiger partial charge in [0.15, 0.2) is 0 Å². The molecular formula is C13H18ClN3OS. The van der Waals surface area contributed by atoms with E-state index in [9.17, 15) is 4.79 Å². The minimum atomic E-state index is -0.0627. The first-order valence-electron chi connectivity index (χ1n) is 6.50. The van der Waals surface area contributed by atoms with Crippen LogP contribution in [-0.4, -0.2) is 46.9 Å². The summed E-state index contributed by atoms with van der Waals surface area (Å²) >= 11 is 8.00. The molecule has 0 bridgehead atoms. The minimum Gasteiger partial charge on any atom is -0.370 e. The fourth-order valence-electron chi connectivity index (χ4n) is 1.97. The van der Waals surface area contributed by atoms with E-state index in [4.69, 9.17) is 11.6 Å². The summed E-state index contributed by atoms with van der Waals surface area (Å²) in [6.45, 7) is 4.31. The lowest BCUT2D eigenvalue weighted by atomic mass is 10.3. The van der Waals surface area contributed by atoms with Crippen molar-refractivity contribution in [3.8, 4) is 0 Å². The second-order valence-electron chi connectivity index (χ2n) is 4.32. The summed E-state index contributed by atoms with van der Waals surface area (Å²) in [6, 6.07) is 3.52. The summed E-state index contributed by atoms with van der Waals surface area (Å²) in [7, 11) is 0. The highest BCUT2D eigenvalue weighted by Crippen LogP contribution is 2.20. The molecule has 19 heavy (non-hydrogen) atoms. The van der Waals surface area contributed by atoms with Gasteiger partial charge in [0.2, 0.25) is 0 Å². The Morgan fingerprint density at radius 2 is 2.32 bits per heavy atom. The number of halogens is 1. The molecule has 1 saturated heterocycles. The summed E-state index contributed by atoms with van der Waals surface area (Å²) in [4.78, 5) is 18.6. The Bertz CT molecular complexity index is 448. The molecule has 0 unspecified atom stereocenters. The Hall–Kier alpha value is -0.940. The predicted molar refractivity (Wildman–Crippen MR) is 81.3 cm³/mol. The number of aromatic nitrogens is 1. The maximum atomic E-state index is 12.5. The van der Waals surface area contributed by atoms with E-state index in [0.29, 0.717) is 16.5 Å². The molecule has 1 N–H and O–H groups in total. The number of amides is 1. The summed E-state index contributed by atoms with van der Waals surface area (Å²) < 4.78 is 0. The first-order valence-corrected chi connectivity index (χ1v) is 8.03. The van der Waals surface area contributed by atoms with Gasteiger partial charge in [-0.05, 0) is 31.2 Å². The number of hydrogen-bond acceptors (Lipinski definition) is 4. The van der Waals surface area contributed by atoms with E-state index in [1.165, 1.54) is 0 Å². The van der Waals surface area contributed by atoms with E-state index in [-0.39, 0.29) is 5.91 Å². The molecule has 1 aliphatic heterocycles. The first kappa shape index (κ1) is 14.5. The van der Waals surface area contributed by atoms with Gasteiger partial charge in [-0.2, -0.15) is 11.8 Å². The third kappa shape index (κ3) is 3.76. The molecule has 104 valence electrons. The molecule has 1 fully saturated rings. The number of anilines is 1. The fourth-order valence-corrected chi connectivity index (χ4v) is 3.04. The van der Waals surface area contributed by atoms with Crippen molar-refractivity contribution >= 4 is 35.1 Å².